The number of anilines is 2. The molecule has 124 valence electrons. The summed E-state index contributed by atoms with van der Waals surface area (Å²) in [6, 6.07) is 24.8. The van der Waals surface area contributed by atoms with Crippen LogP contribution in [-0.2, 0) is 11.2 Å². The lowest BCUT2D eigenvalue weighted by Crippen LogP contribution is -2.27. The van der Waals surface area contributed by atoms with Gasteiger partial charge in [-0.3, -0.25) is 19.8 Å². The van der Waals surface area contributed by atoms with Gasteiger partial charge in [-0.2, -0.15) is 0 Å². The summed E-state index contributed by atoms with van der Waals surface area (Å²) in [4.78, 5) is 25.3. The summed E-state index contributed by atoms with van der Waals surface area (Å²) in [5.41, 5.74) is 1.79. The normalized spacial score (nSPS) is 10.2. The molecule has 0 atom stereocenters. The average molecular weight is 332 g/mol. The molecule has 0 saturated heterocycles. The molecule has 0 fully saturated rings. The molecule has 0 aliphatic rings. The first kappa shape index (κ1) is 16.4. The minimum absolute atomic E-state index is 0.0445. The molecule has 0 heterocycles. The third-order valence-corrected chi connectivity index (χ3v) is 3.81. The van der Waals surface area contributed by atoms with Crippen LogP contribution in [0.3, 0.4) is 0 Å². The van der Waals surface area contributed by atoms with Crippen LogP contribution in [0.2, 0.25) is 0 Å². The number of hydrogen-bond acceptors (Lipinski definition) is 3. The van der Waals surface area contributed by atoms with E-state index in [0.29, 0.717) is 5.56 Å². The number of para-hydroxylation sites is 3. The molecule has 0 radical (unpaired) electrons. The van der Waals surface area contributed by atoms with Gasteiger partial charge in [0.25, 0.3) is 5.69 Å². The Morgan fingerprint density at radius 3 is 1.80 bits per heavy atom. The van der Waals surface area contributed by atoms with E-state index in [1.807, 2.05) is 60.7 Å². The maximum atomic E-state index is 13.0. The first-order chi connectivity index (χ1) is 12.2. The van der Waals surface area contributed by atoms with Gasteiger partial charge >= 0.3 is 0 Å². The average Bonchev–Trinajstić information content (AvgIpc) is 2.64. The van der Waals surface area contributed by atoms with Gasteiger partial charge in [0.1, 0.15) is 0 Å². The third kappa shape index (κ3) is 3.72. The van der Waals surface area contributed by atoms with E-state index >= 15 is 0 Å². The summed E-state index contributed by atoms with van der Waals surface area (Å²) in [6.07, 6.45) is -0.0546. The van der Waals surface area contributed by atoms with E-state index < -0.39 is 4.92 Å². The summed E-state index contributed by atoms with van der Waals surface area (Å²) in [5, 5.41) is 11.2. The number of benzene rings is 3. The number of hydrogen-bond donors (Lipinski definition) is 0. The van der Waals surface area contributed by atoms with Gasteiger partial charge in [0, 0.05) is 23.0 Å². The van der Waals surface area contributed by atoms with E-state index in [9.17, 15) is 14.9 Å². The van der Waals surface area contributed by atoms with Crippen molar-refractivity contribution < 1.29 is 9.72 Å². The lowest BCUT2D eigenvalue weighted by Gasteiger charge is -2.23. The van der Waals surface area contributed by atoms with Gasteiger partial charge in [0.15, 0.2) is 0 Å². The molecule has 1 amide bonds. The number of carbonyl (C=O) groups excluding carboxylic acids is 1. The zero-order valence-electron chi connectivity index (χ0n) is 13.4. The fourth-order valence-corrected chi connectivity index (χ4v) is 2.67. The summed E-state index contributed by atoms with van der Waals surface area (Å²) < 4.78 is 0. The fraction of sp³-hybridized carbons (Fsp3) is 0.0500. The quantitative estimate of drug-likeness (QED) is 0.510. The summed E-state index contributed by atoms with van der Waals surface area (Å²) in [6.45, 7) is 0. The smallest absolute Gasteiger partial charge is 0.273 e. The predicted molar refractivity (Wildman–Crippen MR) is 96.8 cm³/mol. The van der Waals surface area contributed by atoms with Gasteiger partial charge < -0.3 is 0 Å². The van der Waals surface area contributed by atoms with Crippen molar-refractivity contribution in [2.24, 2.45) is 0 Å². The molecule has 0 bridgehead atoms. The Bertz CT molecular complexity index is 840. The van der Waals surface area contributed by atoms with Gasteiger partial charge in [-0.15, -0.1) is 0 Å². The van der Waals surface area contributed by atoms with Crippen LogP contribution in [0.4, 0.5) is 17.1 Å². The summed E-state index contributed by atoms with van der Waals surface area (Å²) >= 11 is 0. The van der Waals surface area contributed by atoms with E-state index in [-0.39, 0.29) is 18.0 Å². The molecule has 3 aromatic carbocycles. The van der Waals surface area contributed by atoms with Gasteiger partial charge in [0.2, 0.25) is 5.91 Å². The molecule has 3 rings (SSSR count). The Kier molecular flexibility index (Phi) is 4.85. The highest BCUT2D eigenvalue weighted by Gasteiger charge is 2.22. The molecule has 0 saturated carbocycles. The van der Waals surface area contributed by atoms with Crippen molar-refractivity contribution in [1.29, 1.82) is 0 Å². The lowest BCUT2D eigenvalue weighted by molar-refractivity contribution is -0.385. The highest BCUT2D eigenvalue weighted by atomic mass is 16.6. The second-order valence-electron chi connectivity index (χ2n) is 5.46. The number of rotatable bonds is 5. The molecule has 25 heavy (non-hydrogen) atoms. The van der Waals surface area contributed by atoms with Crippen LogP contribution in [0, 0.1) is 10.1 Å². The van der Waals surface area contributed by atoms with Gasteiger partial charge in [-0.05, 0) is 24.3 Å². The van der Waals surface area contributed by atoms with Crippen molar-refractivity contribution in [3.63, 3.8) is 0 Å². The Morgan fingerprint density at radius 1 is 0.800 bits per heavy atom. The van der Waals surface area contributed by atoms with Crippen LogP contribution < -0.4 is 4.90 Å². The van der Waals surface area contributed by atoms with Crippen LogP contribution in [0.15, 0.2) is 84.9 Å². The van der Waals surface area contributed by atoms with E-state index in [1.54, 1.807) is 23.1 Å². The fourth-order valence-electron chi connectivity index (χ4n) is 2.67. The maximum absolute atomic E-state index is 13.0. The number of nitrogens with zero attached hydrogens (tertiary/aromatic N) is 2. The zero-order valence-corrected chi connectivity index (χ0v) is 13.4. The first-order valence-electron chi connectivity index (χ1n) is 7.82. The molecule has 3 aromatic rings. The van der Waals surface area contributed by atoms with Gasteiger partial charge in [-0.25, -0.2) is 0 Å². The molecule has 0 N–H and O–H groups in total. The Balaban J connectivity index is 1.98. The van der Waals surface area contributed by atoms with Gasteiger partial charge in [0.05, 0.1) is 11.3 Å². The number of nitro benzene ring substituents is 1. The maximum Gasteiger partial charge on any atom is 0.273 e. The summed E-state index contributed by atoms with van der Waals surface area (Å²) in [5.74, 6) is -0.230. The second-order valence-corrected chi connectivity index (χ2v) is 5.46. The van der Waals surface area contributed by atoms with Crippen molar-refractivity contribution in [2.75, 3.05) is 4.90 Å². The molecule has 0 spiro atoms. The van der Waals surface area contributed by atoms with E-state index in [1.165, 1.54) is 6.07 Å². The standard InChI is InChI=1S/C20H16N2O3/c23-20(15-16-9-7-8-14-19(16)22(24)25)21(17-10-3-1-4-11-17)18-12-5-2-6-13-18/h1-14H,15H2. The van der Waals surface area contributed by atoms with E-state index in [4.69, 9.17) is 0 Å². The lowest BCUT2D eigenvalue weighted by atomic mass is 10.1. The monoisotopic (exact) mass is 332 g/mol. The Hall–Kier alpha value is -3.47. The number of carbonyl (C=O) groups is 1. The zero-order chi connectivity index (χ0) is 17.6. The van der Waals surface area contributed by atoms with Crippen LogP contribution in [0.25, 0.3) is 0 Å². The van der Waals surface area contributed by atoms with Crippen LogP contribution in [0.5, 0.6) is 0 Å². The molecule has 5 heteroatoms. The van der Waals surface area contributed by atoms with Crippen molar-refractivity contribution in [2.45, 2.75) is 6.42 Å². The van der Waals surface area contributed by atoms with E-state index in [0.717, 1.165) is 11.4 Å². The Labute approximate surface area is 145 Å². The minimum Gasteiger partial charge on any atom is -0.281 e. The van der Waals surface area contributed by atoms with Gasteiger partial charge in [-0.1, -0.05) is 54.6 Å². The topological polar surface area (TPSA) is 63.4 Å². The molecule has 0 aliphatic carbocycles. The molecule has 0 aromatic heterocycles. The van der Waals surface area contributed by atoms with Crippen LogP contribution >= 0.6 is 0 Å². The second kappa shape index (κ2) is 7.40. The molecule has 0 aliphatic heterocycles. The van der Waals surface area contributed by atoms with Crippen LogP contribution in [0.1, 0.15) is 5.56 Å². The largest absolute Gasteiger partial charge is 0.281 e. The predicted octanol–water partition coefficient (Wildman–Crippen LogP) is 4.50. The molecule has 5 nitrogen and oxygen atoms in total. The van der Waals surface area contributed by atoms with Crippen molar-refractivity contribution in [1.82, 2.24) is 0 Å². The highest BCUT2D eigenvalue weighted by molar-refractivity contribution is 6.01. The highest BCUT2D eigenvalue weighted by Crippen LogP contribution is 2.27. The van der Waals surface area contributed by atoms with Crippen molar-refractivity contribution in [3.05, 3.63) is 101 Å². The first-order valence-corrected chi connectivity index (χ1v) is 7.82. The van der Waals surface area contributed by atoms with E-state index in [2.05, 4.69) is 0 Å². The number of amides is 1. The van der Waals surface area contributed by atoms with Crippen LogP contribution in [-0.4, -0.2) is 10.8 Å². The third-order valence-electron chi connectivity index (χ3n) is 3.81. The molecule has 0 unspecified atom stereocenters. The SMILES string of the molecule is O=C(Cc1ccccc1[N+](=O)[O-])N(c1ccccc1)c1ccccc1. The molecular weight excluding hydrogens is 316 g/mol. The van der Waals surface area contributed by atoms with Crippen molar-refractivity contribution in [3.8, 4) is 0 Å². The summed E-state index contributed by atoms with van der Waals surface area (Å²) in [7, 11) is 0. The Morgan fingerprint density at radius 2 is 1.28 bits per heavy atom. The van der Waals surface area contributed by atoms with Crippen molar-refractivity contribution >= 4 is 23.0 Å². The minimum atomic E-state index is -0.460. The molecular formula is C20H16N2O3. The number of nitro groups is 1.